The molecule has 0 spiro atoms. The highest BCUT2D eigenvalue weighted by Gasteiger charge is 2.41. The molecule has 1 heterocycles. The maximum absolute atomic E-state index is 12.6. The number of esters is 1. The molecule has 0 aliphatic carbocycles. The molecule has 0 saturated carbocycles. The van der Waals surface area contributed by atoms with Gasteiger partial charge < -0.3 is 4.74 Å². The van der Waals surface area contributed by atoms with Gasteiger partial charge in [0.2, 0.25) is 10.0 Å². The molecular weight excluding hydrogens is 358 g/mol. The Morgan fingerprint density at radius 2 is 1.95 bits per heavy atom. The summed E-state index contributed by atoms with van der Waals surface area (Å²) in [5.74, 6) is -0.796. The monoisotopic (exact) mass is 375 g/mol. The highest BCUT2D eigenvalue weighted by Crippen LogP contribution is 2.29. The number of alkyl halides is 1. The SMILES string of the molecule is COC(=O)C1CN(S(=O)(=O)c2ccc(CBr)cc2)CC1C. The van der Waals surface area contributed by atoms with Crippen molar-refractivity contribution in [1.82, 2.24) is 4.31 Å². The Hall–Kier alpha value is -0.920. The Kier molecular flexibility index (Phi) is 5.06. The molecule has 0 N–H and O–H groups in total. The van der Waals surface area contributed by atoms with Crippen LogP contribution in [0.25, 0.3) is 0 Å². The van der Waals surface area contributed by atoms with Gasteiger partial charge in [0.25, 0.3) is 0 Å². The van der Waals surface area contributed by atoms with Crippen molar-refractivity contribution in [2.24, 2.45) is 11.8 Å². The van der Waals surface area contributed by atoms with Gasteiger partial charge in [-0.25, -0.2) is 8.42 Å². The molecule has 1 aliphatic heterocycles. The van der Waals surface area contributed by atoms with Crippen molar-refractivity contribution in [1.29, 1.82) is 0 Å². The molecule has 2 rings (SSSR count). The number of carbonyl (C=O) groups excluding carboxylic acids is 1. The standard InChI is InChI=1S/C14H18BrNO4S/c1-10-8-16(9-13(10)14(17)20-2)21(18,19)12-5-3-11(7-15)4-6-12/h3-6,10,13H,7-9H2,1-2H3. The number of nitrogens with zero attached hydrogens (tertiary/aromatic N) is 1. The van der Waals surface area contributed by atoms with Crippen LogP contribution >= 0.6 is 15.9 Å². The zero-order valence-corrected chi connectivity index (χ0v) is 14.4. The van der Waals surface area contributed by atoms with Gasteiger partial charge in [0.1, 0.15) is 0 Å². The van der Waals surface area contributed by atoms with E-state index in [9.17, 15) is 13.2 Å². The maximum Gasteiger partial charge on any atom is 0.310 e. The molecule has 116 valence electrons. The zero-order valence-electron chi connectivity index (χ0n) is 12.0. The van der Waals surface area contributed by atoms with Crippen LogP contribution in [0.1, 0.15) is 12.5 Å². The predicted molar refractivity (Wildman–Crippen MR) is 82.5 cm³/mol. The largest absolute Gasteiger partial charge is 0.469 e. The molecule has 21 heavy (non-hydrogen) atoms. The second-order valence-electron chi connectivity index (χ2n) is 5.21. The van der Waals surface area contributed by atoms with Crippen molar-refractivity contribution in [2.45, 2.75) is 17.1 Å². The van der Waals surface area contributed by atoms with Crippen LogP contribution < -0.4 is 0 Å². The minimum Gasteiger partial charge on any atom is -0.469 e. The van der Waals surface area contributed by atoms with Gasteiger partial charge in [0.05, 0.1) is 17.9 Å². The fourth-order valence-electron chi connectivity index (χ4n) is 2.48. The van der Waals surface area contributed by atoms with Gasteiger partial charge in [-0.2, -0.15) is 4.31 Å². The number of sulfonamides is 1. The second-order valence-corrected chi connectivity index (χ2v) is 7.71. The zero-order chi connectivity index (χ0) is 15.6. The van der Waals surface area contributed by atoms with Gasteiger partial charge in [-0.3, -0.25) is 4.79 Å². The molecule has 1 aliphatic rings. The highest BCUT2D eigenvalue weighted by molar-refractivity contribution is 9.08. The molecule has 5 nitrogen and oxygen atoms in total. The van der Waals surface area contributed by atoms with E-state index in [4.69, 9.17) is 4.74 Å². The molecule has 0 amide bonds. The van der Waals surface area contributed by atoms with Gasteiger partial charge in [0, 0.05) is 18.4 Å². The summed E-state index contributed by atoms with van der Waals surface area (Å²) in [5.41, 5.74) is 1.01. The Labute approximate surface area is 133 Å². The van der Waals surface area contributed by atoms with Gasteiger partial charge in [-0.05, 0) is 23.6 Å². The normalized spacial score (nSPS) is 23.2. The number of rotatable bonds is 4. The van der Waals surface area contributed by atoms with E-state index in [1.54, 1.807) is 24.3 Å². The van der Waals surface area contributed by atoms with Crippen molar-refractivity contribution in [3.63, 3.8) is 0 Å². The Morgan fingerprint density at radius 1 is 1.33 bits per heavy atom. The van der Waals surface area contributed by atoms with Crippen LogP contribution in [0.5, 0.6) is 0 Å². The van der Waals surface area contributed by atoms with E-state index in [1.165, 1.54) is 11.4 Å². The number of hydrogen-bond donors (Lipinski definition) is 0. The summed E-state index contributed by atoms with van der Waals surface area (Å²) in [6.45, 7) is 2.38. The average Bonchev–Trinajstić information content (AvgIpc) is 2.89. The van der Waals surface area contributed by atoms with Gasteiger partial charge >= 0.3 is 5.97 Å². The van der Waals surface area contributed by atoms with Crippen LogP contribution in [0.3, 0.4) is 0 Å². The quantitative estimate of drug-likeness (QED) is 0.596. The third kappa shape index (κ3) is 3.30. The molecule has 1 saturated heterocycles. The van der Waals surface area contributed by atoms with Crippen LogP contribution in [-0.2, 0) is 24.9 Å². The van der Waals surface area contributed by atoms with Crippen molar-refractivity contribution in [3.05, 3.63) is 29.8 Å². The minimum atomic E-state index is -3.56. The molecule has 2 unspecified atom stereocenters. The third-order valence-corrected chi connectivity index (χ3v) is 6.29. The summed E-state index contributed by atoms with van der Waals surface area (Å²) in [4.78, 5) is 11.9. The molecule has 1 aromatic rings. The Balaban J connectivity index is 2.22. The number of hydrogen-bond acceptors (Lipinski definition) is 4. The van der Waals surface area contributed by atoms with E-state index in [0.717, 1.165) is 5.56 Å². The molecular formula is C14H18BrNO4S. The first-order chi connectivity index (χ1) is 9.90. The summed E-state index contributed by atoms with van der Waals surface area (Å²) in [6, 6.07) is 6.75. The lowest BCUT2D eigenvalue weighted by Gasteiger charge is -2.16. The fraction of sp³-hybridized carbons (Fsp3) is 0.500. The lowest BCUT2D eigenvalue weighted by molar-refractivity contribution is -0.145. The molecule has 1 fully saturated rings. The lowest BCUT2D eigenvalue weighted by Crippen LogP contribution is -2.30. The number of carbonyl (C=O) groups is 1. The van der Waals surface area contributed by atoms with Crippen molar-refractivity contribution in [3.8, 4) is 0 Å². The summed E-state index contributed by atoms with van der Waals surface area (Å²) >= 11 is 3.33. The van der Waals surface area contributed by atoms with Gasteiger partial charge in [-0.1, -0.05) is 35.0 Å². The second kappa shape index (κ2) is 6.46. The van der Waals surface area contributed by atoms with E-state index in [1.807, 2.05) is 6.92 Å². The van der Waals surface area contributed by atoms with Gasteiger partial charge in [0.15, 0.2) is 0 Å². The first-order valence-electron chi connectivity index (χ1n) is 6.63. The summed E-state index contributed by atoms with van der Waals surface area (Å²) in [6.07, 6.45) is 0. The lowest BCUT2D eigenvalue weighted by atomic mass is 9.99. The van der Waals surface area contributed by atoms with E-state index < -0.39 is 15.9 Å². The smallest absolute Gasteiger partial charge is 0.310 e. The summed E-state index contributed by atoms with van der Waals surface area (Å²) in [5, 5.41) is 0.679. The number of halogens is 1. The molecule has 2 atom stereocenters. The van der Waals surface area contributed by atoms with Gasteiger partial charge in [-0.15, -0.1) is 0 Å². The summed E-state index contributed by atoms with van der Waals surface area (Å²) in [7, 11) is -2.24. The van der Waals surface area contributed by atoms with E-state index in [0.29, 0.717) is 11.9 Å². The first kappa shape index (κ1) is 16.5. The van der Waals surface area contributed by atoms with E-state index >= 15 is 0 Å². The van der Waals surface area contributed by atoms with Crippen LogP contribution in [-0.4, -0.2) is 38.9 Å². The minimum absolute atomic E-state index is 0.0472. The molecule has 1 aromatic carbocycles. The average molecular weight is 376 g/mol. The third-order valence-electron chi connectivity index (χ3n) is 3.80. The van der Waals surface area contributed by atoms with E-state index in [2.05, 4.69) is 15.9 Å². The predicted octanol–water partition coefficient (Wildman–Crippen LogP) is 2.01. The number of methoxy groups -OCH3 is 1. The Morgan fingerprint density at radius 3 is 2.48 bits per heavy atom. The highest BCUT2D eigenvalue weighted by atomic mass is 79.9. The van der Waals surface area contributed by atoms with Crippen LogP contribution in [0.4, 0.5) is 0 Å². The van der Waals surface area contributed by atoms with Crippen LogP contribution in [0, 0.1) is 11.8 Å². The van der Waals surface area contributed by atoms with Crippen LogP contribution in [0.15, 0.2) is 29.2 Å². The van der Waals surface area contributed by atoms with Crippen LogP contribution in [0.2, 0.25) is 0 Å². The fourth-order valence-corrected chi connectivity index (χ4v) is 4.42. The first-order valence-corrected chi connectivity index (χ1v) is 9.19. The van der Waals surface area contributed by atoms with Crippen molar-refractivity contribution in [2.75, 3.05) is 20.2 Å². The molecule has 0 radical (unpaired) electrons. The summed E-state index contributed by atoms with van der Waals surface area (Å²) < 4.78 is 31.3. The number of ether oxygens (including phenoxy) is 1. The topological polar surface area (TPSA) is 63.7 Å². The van der Waals surface area contributed by atoms with E-state index in [-0.39, 0.29) is 23.3 Å². The number of benzene rings is 1. The molecule has 7 heteroatoms. The molecule has 0 bridgehead atoms. The Bertz CT molecular complexity index is 614. The van der Waals surface area contributed by atoms with Crippen molar-refractivity contribution >= 4 is 31.9 Å². The van der Waals surface area contributed by atoms with Crippen molar-refractivity contribution < 1.29 is 17.9 Å². The molecule has 0 aromatic heterocycles. The maximum atomic E-state index is 12.6.